The molecule has 0 unspecified atom stereocenters. The third kappa shape index (κ3) is 5.42. The number of anilines is 1. The van der Waals surface area contributed by atoms with Crippen LogP contribution in [0.4, 0.5) is 10.1 Å². The van der Waals surface area contributed by atoms with Gasteiger partial charge in [-0.2, -0.15) is 0 Å². The van der Waals surface area contributed by atoms with Crippen LogP contribution in [0.15, 0.2) is 41.3 Å². The van der Waals surface area contributed by atoms with Gasteiger partial charge in [0.05, 0.1) is 0 Å². The van der Waals surface area contributed by atoms with Gasteiger partial charge in [0.1, 0.15) is 0 Å². The number of ether oxygens (including phenoxy) is 1. The number of likely N-dealkylation sites (N-methyl/N-ethyl adjacent to an activating group) is 1. The number of hydrogen-bond acceptors (Lipinski definition) is 6. The van der Waals surface area contributed by atoms with E-state index in [9.17, 15) is 22.7 Å². The van der Waals surface area contributed by atoms with E-state index < -0.39 is 34.5 Å². The molecule has 35 heavy (non-hydrogen) atoms. The third-order valence-electron chi connectivity index (χ3n) is 6.46. The average molecular weight is 564 g/mol. The Morgan fingerprint density at radius 3 is 2.77 bits per heavy atom. The normalized spacial score (nSPS) is 17.8. The van der Waals surface area contributed by atoms with Crippen molar-refractivity contribution < 1.29 is 27.4 Å². The Balaban J connectivity index is 1.68. The van der Waals surface area contributed by atoms with Crippen LogP contribution in [-0.2, 0) is 8.10 Å². The summed E-state index contributed by atoms with van der Waals surface area (Å²) in [7, 11) is -3.89. The molecule has 2 aromatic carbocycles. The van der Waals surface area contributed by atoms with Crippen LogP contribution in [0, 0.1) is 5.82 Å². The molecule has 187 valence electrons. The zero-order chi connectivity index (χ0) is 25.2. The summed E-state index contributed by atoms with van der Waals surface area (Å²) < 4.78 is 47.1. The van der Waals surface area contributed by atoms with Gasteiger partial charge in [0.2, 0.25) is 0 Å². The third-order valence-corrected chi connectivity index (χ3v) is 12.6. The van der Waals surface area contributed by atoms with Crippen molar-refractivity contribution in [2.45, 2.75) is 37.6 Å². The molecule has 0 bridgehead atoms. The van der Waals surface area contributed by atoms with E-state index in [0.717, 1.165) is 38.5 Å². The zero-order valence-electron chi connectivity index (χ0n) is 19.8. The average Bonchev–Trinajstić information content (AvgIpc) is 3.30. The maximum atomic E-state index is 14.0. The van der Waals surface area contributed by atoms with Gasteiger partial charge in [-0.05, 0) is 0 Å². The Kier molecular flexibility index (Phi) is 7.89. The van der Waals surface area contributed by atoms with E-state index in [1.54, 1.807) is 18.2 Å². The first-order chi connectivity index (χ1) is 16.7. The minimum atomic E-state index is -3.89. The molecule has 1 radical (unpaired) electrons. The molecule has 1 atom stereocenters. The van der Waals surface area contributed by atoms with Gasteiger partial charge in [-0.1, -0.05) is 0 Å². The number of carboxylic acid groups (broad SMARTS) is 1. The number of carbonyl (C=O) groups is 1. The molecule has 0 aromatic heterocycles. The number of hydrogen-bond donors (Lipinski definition) is 1. The van der Waals surface area contributed by atoms with Crippen molar-refractivity contribution in [3.8, 4) is 5.75 Å². The fourth-order valence-corrected chi connectivity index (χ4v) is 10.6. The van der Waals surface area contributed by atoms with Gasteiger partial charge in [-0.25, -0.2) is 0 Å². The Morgan fingerprint density at radius 1 is 1.29 bits per heavy atom. The zero-order valence-corrected chi connectivity index (χ0v) is 22.5. The molecular formula is C25H29AsFN2O5S. The second-order valence-electron chi connectivity index (χ2n) is 8.55. The van der Waals surface area contributed by atoms with Crippen LogP contribution in [0.25, 0.3) is 6.08 Å². The fourth-order valence-electron chi connectivity index (χ4n) is 4.60. The molecule has 1 saturated heterocycles. The standard InChI is InChI=1S/C25H29AsFN2O5S/c1-3-28(4-2)13-5-7-17-15-18(27)9-12-22(17)35(32,33)26-20-10-11-21-24(23(20)25(30)31)34-16-19-8-6-14-29(19)21/h5,7,9-12,15,19H,3-4,6,8,13-14,16H2,1-2H3,(H,30,31)/t19-/m0/s1. The van der Waals surface area contributed by atoms with E-state index in [-0.39, 0.29) is 32.2 Å². The Bertz CT molecular complexity index is 1250. The summed E-state index contributed by atoms with van der Waals surface area (Å²) in [5, 5.41) is 9.99. The van der Waals surface area contributed by atoms with Crippen molar-refractivity contribution in [1.82, 2.24) is 4.90 Å². The number of halogens is 1. The monoisotopic (exact) mass is 563 g/mol. The minimum absolute atomic E-state index is 0.00396. The Morgan fingerprint density at radius 2 is 2.06 bits per heavy atom. The van der Waals surface area contributed by atoms with E-state index in [4.69, 9.17) is 4.74 Å². The second-order valence-corrected chi connectivity index (χ2v) is 15.3. The van der Waals surface area contributed by atoms with Crippen molar-refractivity contribution in [2.75, 3.05) is 37.7 Å². The molecule has 10 heteroatoms. The summed E-state index contributed by atoms with van der Waals surface area (Å²) in [6, 6.07) is 7.18. The van der Waals surface area contributed by atoms with Gasteiger partial charge < -0.3 is 0 Å². The van der Waals surface area contributed by atoms with Crippen LogP contribution in [0.1, 0.15) is 42.6 Å². The number of rotatable bonds is 9. The first-order valence-corrected chi connectivity index (χ1v) is 16.4. The second kappa shape index (κ2) is 10.7. The molecule has 2 aliphatic rings. The van der Waals surface area contributed by atoms with Crippen LogP contribution in [0.5, 0.6) is 5.75 Å². The number of fused-ring (bicyclic) bond motifs is 3. The van der Waals surface area contributed by atoms with Crippen LogP contribution in [0.3, 0.4) is 0 Å². The number of benzene rings is 2. The molecule has 7 nitrogen and oxygen atoms in total. The summed E-state index contributed by atoms with van der Waals surface area (Å²) in [5.41, 5.74) is 0.885. The molecule has 1 fully saturated rings. The van der Waals surface area contributed by atoms with Crippen molar-refractivity contribution >= 4 is 44.8 Å². The maximum absolute atomic E-state index is 14.0. The van der Waals surface area contributed by atoms with Crippen molar-refractivity contribution in [1.29, 1.82) is 0 Å². The topological polar surface area (TPSA) is 87.2 Å². The molecule has 2 heterocycles. The van der Waals surface area contributed by atoms with Gasteiger partial charge in [0, 0.05) is 0 Å². The number of aromatic carboxylic acids is 1. The molecule has 0 spiro atoms. The van der Waals surface area contributed by atoms with Gasteiger partial charge in [0.15, 0.2) is 0 Å². The quantitative estimate of drug-likeness (QED) is 0.470. The van der Waals surface area contributed by atoms with E-state index in [2.05, 4.69) is 9.80 Å². The van der Waals surface area contributed by atoms with Crippen molar-refractivity contribution in [3.05, 3.63) is 53.4 Å². The van der Waals surface area contributed by atoms with Gasteiger partial charge in [-0.3, -0.25) is 0 Å². The molecule has 4 rings (SSSR count). The first-order valence-electron chi connectivity index (χ1n) is 11.7. The van der Waals surface area contributed by atoms with Crippen molar-refractivity contribution in [2.24, 2.45) is 0 Å². The summed E-state index contributed by atoms with van der Waals surface area (Å²) in [6.45, 7) is 7.58. The van der Waals surface area contributed by atoms with E-state index in [0.29, 0.717) is 18.8 Å². The van der Waals surface area contributed by atoms with Crippen LogP contribution < -0.4 is 14.0 Å². The van der Waals surface area contributed by atoms with Crippen molar-refractivity contribution in [3.63, 3.8) is 0 Å². The molecular weight excluding hydrogens is 534 g/mol. The first kappa shape index (κ1) is 25.7. The molecule has 2 aliphatic heterocycles. The predicted molar refractivity (Wildman–Crippen MR) is 135 cm³/mol. The summed E-state index contributed by atoms with van der Waals surface area (Å²) in [6.07, 6.45) is 5.43. The molecule has 0 amide bonds. The van der Waals surface area contributed by atoms with E-state index in [1.807, 2.05) is 19.9 Å². The SMILES string of the molecule is CCN(CC)CC=Cc1cc(F)ccc1S(=O)(=O)[As]c1ccc2c(c1C(=O)O)OC[C@@H]1CCCN21. The number of nitrogens with zero attached hydrogens (tertiary/aromatic N) is 2. The van der Waals surface area contributed by atoms with Gasteiger partial charge in [0.25, 0.3) is 0 Å². The summed E-state index contributed by atoms with van der Waals surface area (Å²) in [5.74, 6) is -1.49. The van der Waals surface area contributed by atoms with Gasteiger partial charge >= 0.3 is 212 Å². The number of carboxylic acids is 1. The molecule has 0 saturated carbocycles. The fraction of sp³-hybridized carbons (Fsp3) is 0.400. The summed E-state index contributed by atoms with van der Waals surface area (Å²) >= 11 is -1.63. The van der Waals surface area contributed by atoms with Gasteiger partial charge in [-0.15, -0.1) is 0 Å². The summed E-state index contributed by atoms with van der Waals surface area (Å²) in [4.78, 5) is 16.5. The Hall–Kier alpha value is -2.35. The molecule has 2 aromatic rings. The molecule has 0 aliphatic carbocycles. The van der Waals surface area contributed by atoms with Crippen LogP contribution in [-0.4, -0.2) is 77.8 Å². The van der Waals surface area contributed by atoms with Crippen LogP contribution in [0.2, 0.25) is 0 Å². The van der Waals surface area contributed by atoms with Crippen LogP contribution >= 0.6 is 0 Å². The van der Waals surface area contributed by atoms with E-state index >= 15 is 0 Å². The van der Waals surface area contributed by atoms with E-state index in [1.165, 1.54) is 12.1 Å². The predicted octanol–water partition coefficient (Wildman–Crippen LogP) is 2.96. The molecule has 1 N–H and O–H groups in total. The Labute approximate surface area is 211 Å².